The summed E-state index contributed by atoms with van der Waals surface area (Å²) in [4.78, 5) is 0. The maximum Gasteiger partial charge on any atom is 0.128 e. The third kappa shape index (κ3) is 3.02. The van der Waals surface area contributed by atoms with Crippen molar-refractivity contribution in [2.24, 2.45) is 11.7 Å². The standard InChI is InChI=1S/C14H19ClFNO/c15-10-6-7-12(16)11(8-10)13(17)14(18)9-4-2-1-3-5-9/h6-9,13-14,18H,1-5,17H2/t13-,14+/m0/s1. The van der Waals surface area contributed by atoms with E-state index in [2.05, 4.69) is 0 Å². The van der Waals surface area contributed by atoms with Crippen LogP contribution < -0.4 is 5.73 Å². The fraction of sp³-hybridized carbons (Fsp3) is 0.571. The molecule has 0 aromatic heterocycles. The van der Waals surface area contributed by atoms with Gasteiger partial charge in [-0.1, -0.05) is 30.9 Å². The molecule has 1 saturated carbocycles. The monoisotopic (exact) mass is 271 g/mol. The Kier molecular flexibility index (Phi) is 4.60. The topological polar surface area (TPSA) is 46.2 Å². The summed E-state index contributed by atoms with van der Waals surface area (Å²) in [6.07, 6.45) is 4.69. The van der Waals surface area contributed by atoms with E-state index < -0.39 is 18.0 Å². The molecule has 1 aromatic carbocycles. The quantitative estimate of drug-likeness (QED) is 0.885. The lowest BCUT2D eigenvalue weighted by atomic mass is 9.81. The zero-order valence-corrected chi connectivity index (χ0v) is 11.0. The Bertz CT molecular complexity index is 407. The van der Waals surface area contributed by atoms with Gasteiger partial charge in [0.05, 0.1) is 12.1 Å². The number of hydrogen-bond donors (Lipinski definition) is 2. The summed E-state index contributed by atoms with van der Waals surface area (Å²) in [7, 11) is 0. The molecule has 2 rings (SSSR count). The molecule has 0 spiro atoms. The molecule has 1 fully saturated rings. The van der Waals surface area contributed by atoms with Crippen LogP contribution in [0.4, 0.5) is 4.39 Å². The molecule has 100 valence electrons. The van der Waals surface area contributed by atoms with Gasteiger partial charge < -0.3 is 10.8 Å². The lowest BCUT2D eigenvalue weighted by Gasteiger charge is -2.30. The second-order valence-electron chi connectivity index (χ2n) is 5.08. The lowest BCUT2D eigenvalue weighted by molar-refractivity contribution is 0.0608. The molecule has 0 bridgehead atoms. The molecule has 0 heterocycles. The van der Waals surface area contributed by atoms with Crippen molar-refractivity contribution in [1.82, 2.24) is 0 Å². The number of aliphatic hydroxyl groups excluding tert-OH is 1. The van der Waals surface area contributed by atoms with Crippen LogP contribution in [0.3, 0.4) is 0 Å². The Morgan fingerprint density at radius 3 is 2.61 bits per heavy atom. The van der Waals surface area contributed by atoms with Crippen LogP contribution in [-0.4, -0.2) is 11.2 Å². The summed E-state index contributed by atoms with van der Waals surface area (Å²) in [5.74, 6) is -0.228. The van der Waals surface area contributed by atoms with Crippen LogP contribution in [0.2, 0.25) is 5.02 Å². The molecule has 1 aromatic rings. The molecule has 0 unspecified atom stereocenters. The largest absolute Gasteiger partial charge is 0.391 e. The van der Waals surface area contributed by atoms with Gasteiger partial charge >= 0.3 is 0 Å². The molecule has 0 aliphatic heterocycles. The summed E-state index contributed by atoms with van der Waals surface area (Å²) < 4.78 is 13.7. The van der Waals surface area contributed by atoms with Crippen LogP contribution in [0.5, 0.6) is 0 Å². The molecule has 4 heteroatoms. The van der Waals surface area contributed by atoms with E-state index in [1.807, 2.05) is 0 Å². The average molecular weight is 272 g/mol. The predicted octanol–water partition coefficient (Wildman–Crippen LogP) is 3.42. The normalized spacial score (nSPS) is 20.7. The molecule has 1 aliphatic rings. The minimum absolute atomic E-state index is 0.173. The molecule has 0 saturated heterocycles. The molecule has 1 aliphatic carbocycles. The van der Waals surface area contributed by atoms with Gasteiger partial charge in [0.25, 0.3) is 0 Å². The predicted molar refractivity (Wildman–Crippen MR) is 70.9 cm³/mol. The van der Waals surface area contributed by atoms with Crippen molar-refractivity contribution < 1.29 is 9.50 Å². The van der Waals surface area contributed by atoms with Gasteiger partial charge in [0, 0.05) is 10.6 Å². The zero-order chi connectivity index (χ0) is 13.1. The highest BCUT2D eigenvalue weighted by molar-refractivity contribution is 6.30. The summed E-state index contributed by atoms with van der Waals surface area (Å²) in [5, 5.41) is 10.7. The van der Waals surface area contributed by atoms with Crippen LogP contribution in [0.25, 0.3) is 0 Å². The molecule has 2 nitrogen and oxygen atoms in total. The molecule has 2 atom stereocenters. The van der Waals surface area contributed by atoms with E-state index in [-0.39, 0.29) is 5.92 Å². The van der Waals surface area contributed by atoms with E-state index in [1.54, 1.807) is 0 Å². The summed E-state index contributed by atoms with van der Waals surface area (Å²) in [5.41, 5.74) is 6.30. The van der Waals surface area contributed by atoms with E-state index in [0.29, 0.717) is 10.6 Å². The molecule has 18 heavy (non-hydrogen) atoms. The van der Waals surface area contributed by atoms with Gasteiger partial charge in [-0.15, -0.1) is 0 Å². The number of nitrogens with two attached hydrogens (primary N) is 1. The van der Waals surface area contributed by atoms with Crippen molar-refractivity contribution in [3.63, 3.8) is 0 Å². The van der Waals surface area contributed by atoms with Crippen LogP contribution in [-0.2, 0) is 0 Å². The average Bonchev–Trinajstić information content (AvgIpc) is 2.41. The van der Waals surface area contributed by atoms with Gasteiger partial charge in [-0.3, -0.25) is 0 Å². The number of halogens is 2. The van der Waals surface area contributed by atoms with Gasteiger partial charge in [0.1, 0.15) is 5.82 Å². The van der Waals surface area contributed by atoms with E-state index in [4.69, 9.17) is 17.3 Å². The van der Waals surface area contributed by atoms with Crippen molar-refractivity contribution in [3.05, 3.63) is 34.6 Å². The zero-order valence-electron chi connectivity index (χ0n) is 10.3. The summed E-state index contributed by atoms with van der Waals surface area (Å²) in [6.45, 7) is 0. The Labute approximate surface area is 112 Å². The van der Waals surface area contributed by atoms with Crippen molar-refractivity contribution >= 4 is 11.6 Å². The van der Waals surface area contributed by atoms with E-state index in [1.165, 1.54) is 24.6 Å². The maximum absolute atomic E-state index is 13.7. The molecular formula is C14H19ClFNO. The highest BCUT2D eigenvalue weighted by Gasteiger charge is 2.29. The molecule has 0 radical (unpaired) electrons. The fourth-order valence-corrected chi connectivity index (χ4v) is 2.90. The Morgan fingerprint density at radius 2 is 1.94 bits per heavy atom. The van der Waals surface area contributed by atoms with Crippen molar-refractivity contribution in [1.29, 1.82) is 0 Å². The number of rotatable bonds is 3. The van der Waals surface area contributed by atoms with E-state index in [0.717, 1.165) is 25.7 Å². The van der Waals surface area contributed by atoms with Gasteiger partial charge in [-0.25, -0.2) is 4.39 Å². The molecule has 0 amide bonds. The van der Waals surface area contributed by atoms with Gasteiger partial charge in [0.2, 0.25) is 0 Å². The van der Waals surface area contributed by atoms with Gasteiger partial charge in [0.15, 0.2) is 0 Å². The SMILES string of the molecule is N[C@@H](c1cc(Cl)ccc1F)[C@H](O)C1CCCCC1. The fourth-order valence-electron chi connectivity index (χ4n) is 2.72. The summed E-state index contributed by atoms with van der Waals surface area (Å²) in [6, 6.07) is 3.59. The second kappa shape index (κ2) is 6.00. The van der Waals surface area contributed by atoms with Crippen LogP contribution in [0.15, 0.2) is 18.2 Å². The van der Waals surface area contributed by atoms with Crippen LogP contribution in [0.1, 0.15) is 43.7 Å². The Morgan fingerprint density at radius 1 is 1.28 bits per heavy atom. The highest BCUT2D eigenvalue weighted by Crippen LogP contribution is 2.32. The van der Waals surface area contributed by atoms with Crippen LogP contribution >= 0.6 is 11.6 Å². The second-order valence-corrected chi connectivity index (χ2v) is 5.52. The minimum atomic E-state index is -0.702. The van der Waals surface area contributed by atoms with E-state index >= 15 is 0 Å². The number of aliphatic hydroxyl groups is 1. The third-order valence-electron chi connectivity index (χ3n) is 3.82. The first-order valence-corrected chi connectivity index (χ1v) is 6.86. The number of benzene rings is 1. The summed E-state index contributed by atoms with van der Waals surface area (Å²) >= 11 is 5.85. The first kappa shape index (κ1) is 13.8. The maximum atomic E-state index is 13.7. The third-order valence-corrected chi connectivity index (χ3v) is 4.05. The Balaban J connectivity index is 2.13. The Hall–Kier alpha value is -0.640. The van der Waals surface area contributed by atoms with Gasteiger partial charge in [-0.05, 0) is 37.0 Å². The van der Waals surface area contributed by atoms with Crippen molar-refractivity contribution in [3.8, 4) is 0 Å². The first-order valence-electron chi connectivity index (χ1n) is 6.48. The van der Waals surface area contributed by atoms with E-state index in [9.17, 15) is 9.50 Å². The van der Waals surface area contributed by atoms with Crippen LogP contribution in [0, 0.1) is 11.7 Å². The number of hydrogen-bond acceptors (Lipinski definition) is 2. The molecule has 3 N–H and O–H groups in total. The molecular weight excluding hydrogens is 253 g/mol. The lowest BCUT2D eigenvalue weighted by Crippen LogP contribution is -2.34. The first-order chi connectivity index (χ1) is 8.59. The van der Waals surface area contributed by atoms with Crippen molar-refractivity contribution in [2.75, 3.05) is 0 Å². The minimum Gasteiger partial charge on any atom is -0.391 e. The van der Waals surface area contributed by atoms with Gasteiger partial charge in [-0.2, -0.15) is 0 Å². The smallest absolute Gasteiger partial charge is 0.128 e. The van der Waals surface area contributed by atoms with Crippen molar-refractivity contribution in [2.45, 2.75) is 44.2 Å². The highest BCUT2D eigenvalue weighted by atomic mass is 35.5.